The molecule has 0 fully saturated rings. The molecule has 2 atom stereocenters. The summed E-state index contributed by atoms with van der Waals surface area (Å²) in [4.78, 5) is 0. The summed E-state index contributed by atoms with van der Waals surface area (Å²) in [5.74, 6) is 0.324. The maximum absolute atomic E-state index is 5.32. The van der Waals surface area contributed by atoms with E-state index < -0.39 is 0 Å². The molecule has 0 bridgehead atoms. The fourth-order valence-electron chi connectivity index (χ4n) is 0.272. The lowest BCUT2D eigenvalue weighted by Gasteiger charge is -2.11. The van der Waals surface area contributed by atoms with E-state index in [4.69, 9.17) is 13.6 Å². The van der Waals surface area contributed by atoms with Crippen molar-refractivity contribution in [3.63, 3.8) is 0 Å². The average molecular weight is 97.0 g/mol. The number of rotatable bonds is 2. The van der Waals surface area contributed by atoms with Crippen LogP contribution in [0.25, 0.3) is 0 Å². The highest BCUT2D eigenvalue weighted by molar-refractivity contribution is 6.11. The first-order valence-corrected chi connectivity index (χ1v) is 2.69. The van der Waals surface area contributed by atoms with Gasteiger partial charge in [0.25, 0.3) is 0 Å². The molecule has 0 aliphatic heterocycles. The SMILES string of the molecule is [B][C@@H](N)C(C)CC. The topological polar surface area (TPSA) is 26.0 Å². The highest BCUT2D eigenvalue weighted by Crippen LogP contribution is 2.00. The standard InChI is InChI=1S/C5H12BN/c1-3-4(2)5(6)7/h4-5H,3,7H2,1-2H3/t4?,5-/m0/s1. The van der Waals surface area contributed by atoms with Crippen LogP contribution in [-0.2, 0) is 0 Å². The quantitative estimate of drug-likeness (QED) is 0.498. The Morgan fingerprint density at radius 2 is 2.14 bits per heavy atom. The van der Waals surface area contributed by atoms with Gasteiger partial charge in [-0.25, -0.2) is 0 Å². The van der Waals surface area contributed by atoms with E-state index in [1.165, 1.54) is 0 Å². The maximum atomic E-state index is 5.32. The molecule has 0 aromatic heterocycles. The molecule has 0 amide bonds. The largest absolute Gasteiger partial charge is 0.336 e. The normalized spacial score (nSPS) is 18.7. The zero-order chi connectivity index (χ0) is 5.86. The van der Waals surface area contributed by atoms with Crippen molar-refractivity contribution >= 4 is 7.85 Å². The summed E-state index contributed by atoms with van der Waals surface area (Å²) in [7, 11) is 5.32. The van der Waals surface area contributed by atoms with Crippen molar-refractivity contribution in [1.29, 1.82) is 0 Å². The van der Waals surface area contributed by atoms with Crippen LogP contribution in [0.4, 0.5) is 0 Å². The molecule has 2 radical (unpaired) electrons. The summed E-state index contributed by atoms with van der Waals surface area (Å²) in [6.07, 6.45) is 1.07. The van der Waals surface area contributed by atoms with Crippen molar-refractivity contribution in [3.05, 3.63) is 0 Å². The number of hydrogen-bond donors (Lipinski definition) is 1. The summed E-state index contributed by atoms with van der Waals surface area (Å²) in [5, 5.41) is 0. The minimum absolute atomic E-state index is 0.134. The van der Waals surface area contributed by atoms with Crippen LogP contribution in [-0.4, -0.2) is 13.8 Å². The number of nitrogens with two attached hydrogens (primary N) is 1. The molecule has 0 aliphatic rings. The van der Waals surface area contributed by atoms with Gasteiger partial charge in [-0.3, -0.25) is 0 Å². The van der Waals surface area contributed by atoms with Gasteiger partial charge in [-0.15, -0.1) is 0 Å². The fraction of sp³-hybridized carbons (Fsp3) is 1.00. The second kappa shape index (κ2) is 3.08. The molecule has 2 N–H and O–H groups in total. The molecule has 1 unspecified atom stereocenters. The Balaban J connectivity index is 3.14. The third kappa shape index (κ3) is 2.69. The third-order valence-corrected chi connectivity index (χ3v) is 1.30. The Kier molecular flexibility index (Phi) is 3.09. The highest BCUT2D eigenvalue weighted by Gasteiger charge is 2.01. The summed E-state index contributed by atoms with van der Waals surface area (Å²) in [6, 6.07) is 0. The molecule has 0 saturated carbocycles. The van der Waals surface area contributed by atoms with Gasteiger partial charge in [0.05, 0.1) is 7.85 Å². The van der Waals surface area contributed by atoms with Crippen molar-refractivity contribution in [2.45, 2.75) is 26.2 Å². The van der Waals surface area contributed by atoms with Crippen LogP contribution < -0.4 is 5.73 Å². The van der Waals surface area contributed by atoms with Crippen LogP contribution in [0, 0.1) is 5.92 Å². The van der Waals surface area contributed by atoms with Crippen LogP contribution in [0.2, 0.25) is 0 Å². The van der Waals surface area contributed by atoms with Gasteiger partial charge in [-0.2, -0.15) is 0 Å². The Morgan fingerprint density at radius 1 is 1.71 bits per heavy atom. The fourth-order valence-corrected chi connectivity index (χ4v) is 0.272. The van der Waals surface area contributed by atoms with Gasteiger partial charge in [0.1, 0.15) is 0 Å². The van der Waals surface area contributed by atoms with Crippen LogP contribution in [0.5, 0.6) is 0 Å². The summed E-state index contributed by atoms with van der Waals surface area (Å²) < 4.78 is 0. The third-order valence-electron chi connectivity index (χ3n) is 1.30. The van der Waals surface area contributed by atoms with Crippen molar-refractivity contribution in [3.8, 4) is 0 Å². The van der Waals surface area contributed by atoms with Gasteiger partial charge < -0.3 is 5.73 Å². The van der Waals surface area contributed by atoms with Crippen LogP contribution >= 0.6 is 0 Å². The van der Waals surface area contributed by atoms with Crippen molar-refractivity contribution in [1.82, 2.24) is 0 Å². The van der Waals surface area contributed by atoms with E-state index in [0.29, 0.717) is 5.92 Å². The molecular formula is C5H12BN. The molecule has 0 saturated heterocycles. The molecule has 0 aliphatic carbocycles. The Labute approximate surface area is 46.7 Å². The van der Waals surface area contributed by atoms with E-state index in [1.807, 2.05) is 6.92 Å². The predicted molar refractivity (Wildman–Crippen MR) is 33.2 cm³/mol. The molecule has 0 heterocycles. The summed E-state index contributed by atoms with van der Waals surface area (Å²) in [5.41, 5.74) is 5.32. The van der Waals surface area contributed by atoms with Gasteiger partial charge in [-0.1, -0.05) is 20.3 Å². The minimum atomic E-state index is -0.134. The van der Waals surface area contributed by atoms with E-state index in [9.17, 15) is 0 Å². The molecular weight excluding hydrogens is 84.9 g/mol. The molecule has 0 rings (SSSR count). The molecule has 40 valence electrons. The molecule has 2 heteroatoms. The second-order valence-corrected chi connectivity index (χ2v) is 1.96. The smallest absolute Gasteiger partial charge is 0.0906 e. The lowest BCUT2D eigenvalue weighted by Crippen LogP contribution is -2.27. The lowest BCUT2D eigenvalue weighted by molar-refractivity contribution is 0.537. The predicted octanol–water partition coefficient (Wildman–Crippen LogP) is 0.486. The zero-order valence-electron chi connectivity index (χ0n) is 5.02. The first kappa shape index (κ1) is 7.02. The Morgan fingerprint density at radius 3 is 2.14 bits per heavy atom. The van der Waals surface area contributed by atoms with E-state index in [0.717, 1.165) is 6.42 Å². The van der Waals surface area contributed by atoms with Gasteiger partial charge >= 0.3 is 0 Å². The van der Waals surface area contributed by atoms with Crippen molar-refractivity contribution in [2.24, 2.45) is 11.7 Å². The highest BCUT2D eigenvalue weighted by atomic mass is 14.6. The van der Waals surface area contributed by atoms with Crippen LogP contribution in [0.15, 0.2) is 0 Å². The van der Waals surface area contributed by atoms with E-state index in [-0.39, 0.29) is 5.94 Å². The van der Waals surface area contributed by atoms with Crippen LogP contribution in [0.1, 0.15) is 20.3 Å². The molecule has 0 aromatic carbocycles. The Bertz CT molecular complexity index is 45.3. The monoisotopic (exact) mass is 97.1 g/mol. The Hall–Kier alpha value is 0.0249. The molecule has 0 spiro atoms. The molecule has 1 nitrogen and oxygen atoms in total. The molecule has 7 heavy (non-hydrogen) atoms. The van der Waals surface area contributed by atoms with Gasteiger partial charge in [0, 0.05) is 0 Å². The van der Waals surface area contributed by atoms with E-state index in [2.05, 4.69) is 6.92 Å². The second-order valence-electron chi connectivity index (χ2n) is 1.96. The first-order chi connectivity index (χ1) is 3.18. The first-order valence-electron chi connectivity index (χ1n) is 2.69. The van der Waals surface area contributed by atoms with E-state index in [1.54, 1.807) is 0 Å². The van der Waals surface area contributed by atoms with Crippen molar-refractivity contribution in [2.75, 3.05) is 0 Å². The summed E-state index contributed by atoms with van der Waals surface area (Å²) in [6.45, 7) is 4.13. The van der Waals surface area contributed by atoms with E-state index >= 15 is 0 Å². The average Bonchev–Trinajstić information content (AvgIpc) is 1.65. The van der Waals surface area contributed by atoms with Crippen molar-refractivity contribution < 1.29 is 0 Å². The lowest BCUT2D eigenvalue weighted by atomic mass is 9.84. The summed E-state index contributed by atoms with van der Waals surface area (Å²) >= 11 is 0. The minimum Gasteiger partial charge on any atom is -0.336 e. The molecule has 0 aromatic rings. The van der Waals surface area contributed by atoms with Crippen LogP contribution in [0.3, 0.4) is 0 Å². The van der Waals surface area contributed by atoms with Gasteiger partial charge in [0.15, 0.2) is 0 Å². The van der Waals surface area contributed by atoms with Gasteiger partial charge in [0.2, 0.25) is 0 Å². The zero-order valence-corrected chi connectivity index (χ0v) is 5.02. The van der Waals surface area contributed by atoms with Gasteiger partial charge in [-0.05, 0) is 11.9 Å². The number of hydrogen-bond acceptors (Lipinski definition) is 1. The maximum Gasteiger partial charge on any atom is 0.0906 e.